The van der Waals surface area contributed by atoms with E-state index in [0.717, 1.165) is 12.2 Å². The van der Waals surface area contributed by atoms with Crippen molar-refractivity contribution in [2.24, 2.45) is 0 Å². The molecular formula is C14H21N3O3S. The van der Waals surface area contributed by atoms with Crippen molar-refractivity contribution in [2.45, 2.75) is 26.3 Å². The van der Waals surface area contributed by atoms with Crippen LogP contribution in [0, 0.1) is 10.1 Å². The summed E-state index contributed by atoms with van der Waals surface area (Å²) in [6.07, 6.45) is 2.84. The van der Waals surface area contributed by atoms with E-state index < -0.39 is 4.92 Å². The van der Waals surface area contributed by atoms with Gasteiger partial charge in [0.2, 0.25) is 0 Å². The van der Waals surface area contributed by atoms with E-state index in [2.05, 4.69) is 10.6 Å². The van der Waals surface area contributed by atoms with Crippen molar-refractivity contribution in [3.8, 4) is 0 Å². The molecule has 7 heteroatoms. The molecule has 0 aliphatic rings. The Bertz CT molecular complexity index is 508. The molecule has 21 heavy (non-hydrogen) atoms. The number of nitrogens with zero attached hydrogens (tertiary/aromatic N) is 1. The summed E-state index contributed by atoms with van der Waals surface area (Å²) in [7, 11) is 0. The number of amides is 1. The fourth-order valence-corrected chi connectivity index (χ4v) is 2.62. The second kappa shape index (κ2) is 8.51. The third-order valence-corrected chi connectivity index (χ3v) is 3.75. The molecule has 1 aromatic carbocycles. The van der Waals surface area contributed by atoms with Gasteiger partial charge in [0.25, 0.3) is 11.6 Å². The van der Waals surface area contributed by atoms with Gasteiger partial charge in [-0.15, -0.1) is 0 Å². The first-order valence-corrected chi connectivity index (χ1v) is 8.24. The normalized spacial score (nSPS) is 11.8. The second-order valence-corrected chi connectivity index (χ2v) is 5.46. The smallest absolute Gasteiger partial charge is 0.292 e. The van der Waals surface area contributed by atoms with Crippen LogP contribution in [0.15, 0.2) is 18.2 Å². The summed E-state index contributed by atoms with van der Waals surface area (Å²) in [5, 5.41) is 17.0. The Kier molecular flexibility index (Phi) is 7.01. The van der Waals surface area contributed by atoms with Gasteiger partial charge < -0.3 is 10.6 Å². The summed E-state index contributed by atoms with van der Waals surface area (Å²) in [6.45, 7) is 4.37. The molecule has 0 heterocycles. The molecule has 0 bridgehead atoms. The van der Waals surface area contributed by atoms with Gasteiger partial charge in [-0.1, -0.05) is 6.92 Å². The van der Waals surface area contributed by atoms with Crippen molar-refractivity contribution in [2.75, 3.05) is 23.9 Å². The maximum atomic E-state index is 11.8. The summed E-state index contributed by atoms with van der Waals surface area (Å²) in [5.74, 6) is 0.618. The van der Waals surface area contributed by atoms with Gasteiger partial charge in [0.15, 0.2) is 0 Å². The largest absolute Gasteiger partial charge is 0.376 e. The van der Waals surface area contributed by atoms with Gasteiger partial charge in [-0.05, 0) is 31.7 Å². The summed E-state index contributed by atoms with van der Waals surface area (Å²) >= 11 is 1.67. The number of thioether (sulfide) groups is 1. The van der Waals surface area contributed by atoms with Crippen molar-refractivity contribution in [1.82, 2.24) is 5.32 Å². The quantitative estimate of drug-likeness (QED) is 0.569. The van der Waals surface area contributed by atoms with Crippen molar-refractivity contribution in [1.29, 1.82) is 0 Å². The highest BCUT2D eigenvalue weighted by molar-refractivity contribution is 7.98. The van der Waals surface area contributed by atoms with Crippen molar-refractivity contribution in [3.63, 3.8) is 0 Å². The fourth-order valence-electron chi connectivity index (χ4n) is 1.90. The van der Waals surface area contributed by atoms with Crippen molar-refractivity contribution >= 4 is 29.0 Å². The van der Waals surface area contributed by atoms with E-state index in [-0.39, 0.29) is 17.6 Å². The Morgan fingerprint density at radius 3 is 2.67 bits per heavy atom. The number of anilines is 1. The lowest BCUT2D eigenvalue weighted by Crippen LogP contribution is -2.24. The zero-order chi connectivity index (χ0) is 15.8. The van der Waals surface area contributed by atoms with E-state index in [1.165, 1.54) is 12.1 Å². The first kappa shape index (κ1) is 17.3. The van der Waals surface area contributed by atoms with Gasteiger partial charge in [-0.25, -0.2) is 0 Å². The Morgan fingerprint density at radius 1 is 1.43 bits per heavy atom. The first-order chi connectivity index (χ1) is 10.0. The summed E-state index contributed by atoms with van der Waals surface area (Å²) in [4.78, 5) is 22.5. The molecule has 116 valence electrons. The van der Waals surface area contributed by atoms with Crippen LogP contribution >= 0.6 is 11.8 Å². The second-order valence-electron chi connectivity index (χ2n) is 4.55. The minimum absolute atomic E-state index is 0.0115. The Balaban J connectivity index is 3.09. The lowest BCUT2D eigenvalue weighted by molar-refractivity contribution is -0.384. The van der Waals surface area contributed by atoms with E-state index in [1.54, 1.807) is 17.8 Å². The predicted molar refractivity (Wildman–Crippen MR) is 87.2 cm³/mol. The number of nitrogens with one attached hydrogen (secondary N) is 2. The molecule has 0 aliphatic heterocycles. The van der Waals surface area contributed by atoms with Crippen LogP contribution in [-0.2, 0) is 0 Å². The van der Waals surface area contributed by atoms with Crippen LogP contribution in [0.5, 0.6) is 0 Å². The van der Waals surface area contributed by atoms with Gasteiger partial charge >= 0.3 is 0 Å². The van der Waals surface area contributed by atoms with Crippen LogP contribution in [0.2, 0.25) is 0 Å². The summed E-state index contributed by atoms with van der Waals surface area (Å²) in [5.41, 5.74) is 0.802. The lowest BCUT2D eigenvalue weighted by Gasteiger charge is -2.17. The molecule has 1 amide bonds. The molecule has 2 N–H and O–H groups in total. The Hall–Kier alpha value is -1.76. The molecule has 0 saturated heterocycles. The molecule has 0 radical (unpaired) electrons. The number of carbonyl (C=O) groups excluding carboxylic acids is 1. The van der Waals surface area contributed by atoms with Gasteiger partial charge in [0.1, 0.15) is 5.69 Å². The van der Waals surface area contributed by atoms with E-state index in [1.807, 2.05) is 20.1 Å². The Labute approximate surface area is 128 Å². The van der Waals surface area contributed by atoms with Crippen LogP contribution in [0.25, 0.3) is 0 Å². The highest BCUT2D eigenvalue weighted by Gasteiger charge is 2.18. The third kappa shape index (κ3) is 4.93. The van der Waals surface area contributed by atoms with Gasteiger partial charge in [-0.3, -0.25) is 14.9 Å². The first-order valence-electron chi connectivity index (χ1n) is 6.85. The number of nitro benzene ring substituents is 1. The molecule has 1 rings (SSSR count). The molecule has 6 nitrogen and oxygen atoms in total. The topological polar surface area (TPSA) is 84.3 Å². The lowest BCUT2D eigenvalue weighted by atomic mass is 10.1. The maximum Gasteiger partial charge on any atom is 0.292 e. The molecule has 0 aliphatic carbocycles. The zero-order valence-electron chi connectivity index (χ0n) is 12.5. The van der Waals surface area contributed by atoms with Crippen molar-refractivity contribution in [3.05, 3.63) is 33.9 Å². The minimum Gasteiger partial charge on any atom is -0.376 e. The van der Waals surface area contributed by atoms with Crippen LogP contribution < -0.4 is 10.6 Å². The zero-order valence-corrected chi connectivity index (χ0v) is 13.3. The Morgan fingerprint density at radius 2 is 2.14 bits per heavy atom. The number of benzene rings is 1. The van der Waals surface area contributed by atoms with Gasteiger partial charge in [0.05, 0.1) is 4.92 Å². The standard InChI is InChI=1S/C14H21N3O3S/c1-4-11(9-21-3)16-12-8-10(14(18)15-5-2)6-7-13(12)17(19)20/h6-8,11,16H,4-5,9H2,1-3H3,(H,15,18). The average molecular weight is 311 g/mol. The predicted octanol–water partition coefficient (Wildman–Crippen LogP) is 2.90. The van der Waals surface area contributed by atoms with E-state index in [4.69, 9.17) is 0 Å². The summed E-state index contributed by atoms with van der Waals surface area (Å²) < 4.78 is 0. The molecule has 0 spiro atoms. The van der Waals surface area contributed by atoms with Crippen LogP contribution in [-0.4, -0.2) is 35.4 Å². The fraction of sp³-hybridized carbons (Fsp3) is 0.500. The van der Waals surface area contributed by atoms with Crippen LogP contribution in [0.4, 0.5) is 11.4 Å². The molecule has 0 fully saturated rings. The molecule has 1 unspecified atom stereocenters. The number of hydrogen-bond acceptors (Lipinski definition) is 5. The molecule has 1 atom stereocenters. The highest BCUT2D eigenvalue weighted by Crippen LogP contribution is 2.27. The van der Waals surface area contributed by atoms with E-state index >= 15 is 0 Å². The van der Waals surface area contributed by atoms with Crippen molar-refractivity contribution < 1.29 is 9.72 Å². The number of hydrogen-bond donors (Lipinski definition) is 2. The average Bonchev–Trinajstić information content (AvgIpc) is 2.46. The van der Waals surface area contributed by atoms with Gasteiger partial charge in [0, 0.05) is 30.0 Å². The summed E-state index contributed by atoms with van der Waals surface area (Å²) in [6, 6.07) is 4.53. The molecular weight excluding hydrogens is 290 g/mol. The molecule has 1 aromatic rings. The van der Waals surface area contributed by atoms with Crippen LogP contribution in [0.1, 0.15) is 30.6 Å². The molecule has 0 aromatic heterocycles. The van der Waals surface area contributed by atoms with E-state index in [0.29, 0.717) is 17.8 Å². The number of rotatable bonds is 8. The van der Waals surface area contributed by atoms with E-state index in [9.17, 15) is 14.9 Å². The maximum absolute atomic E-state index is 11.8. The highest BCUT2D eigenvalue weighted by atomic mass is 32.2. The minimum atomic E-state index is -0.435. The monoisotopic (exact) mass is 311 g/mol. The van der Waals surface area contributed by atoms with Crippen LogP contribution in [0.3, 0.4) is 0 Å². The number of carbonyl (C=O) groups is 1. The third-order valence-electron chi connectivity index (χ3n) is 3.01. The number of nitro groups is 1. The SMILES string of the molecule is CCNC(=O)c1ccc([N+](=O)[O-])c(NC(CC)CSC)c1. The molecule has 0 saturated carbocycles. The van der Waals surface area contributed by atoms with Gasteiger partial charge in [-0.2, -0.15) is 11.8 Å².